The molecule has 1 unspecified atom stereocenters. The Bertz CT molecular complexity index is 1110. The number of methoxy groups -OCH3 is 4. The van der Waals surface area contributed by atoms with Crippen molar-refractivity contribution in [3.63, 3.8) is 0 Å². The van der Waals surface area contributed by atoms with Gasteiger partial charge >= 0.3 is 0 Å². The molecule has 32 heavy (non-hydrogen) atoms. The molecule has 0 spiro atoms. The number of rotatable bonds is 8. The van der Waals surface area contributed by atoms with Crippen LogP contribution >= 0.6 is 0 Å². The second kappa shape index (κ2) is 9.17. The molecule has 4 rings (SSSR count). The summed E-state index contributed by atoms with van der Waals surface area (Å²) in [4.78, 5) is 19.0. The Kier molecular flexibility index (Phi) is 6.16. The molecule has 3 aromatic rings. The van der Waals surface area contributed by atoms with E-state index < -0.39 is 0 Å². The van der Waals surface area contributed by atoms with Crippen molar-refractivity contribution in [1.29, 1.82) is 0 Å². The molecular formula is C23H25N3O6. The van der Waals surface area contributed by atoms with Gasteiger partial charge in [0, 0.05) is 36.7 Å². The van der Waals surface area contributed by atoms with Crippen molar-refractivity contribution < 1.29 is 28.3 Å². The SMILES string of the molecule is COc1ccc(CN2CC(c3nc(-c4ccc(OC)c(OC)c4)no3)CC2=O)c(OC)c1. The quantitative estimate of drug-likeness (QED) is 0.528. The molecule has 1 atom stereocenters. The van der Waals surface area contributed by atoms with Gasteiger partial charge in [0.15, 0.2) is 11.5 Å². The van der Waals surface area contributed by atoms with E-state index in [1.165, 1.54) is 0 Å². The third-order valence-corrected chi connectivity index (χ3v) is 5.50. The average molecular weight is 439 g/mol. The van der Waals surface area contributed by atoms with Gasteiger partial charge in [-0.25, -0.2) is 0 Å². The fraction of sp³-hybridized carbons (Fsp3) is 0.348. The van der Waals surface area contributed by atoms with Crippen LogP contribution in [0, 0.1) is 0 Å². The van der Waals surface area contributed by atoms with E-state index in [1.807, 2.05) is 18.2 Å². The molecule has 1 aromatic heterocycles. The van der Waals surface area contributed by atoms with Crippen molar-refractivity contribution in [1.82, 2.24) is 15.0 Å². The summed E-state index contributed by atoms with van der Waals surface area (Å²) < 4.78 is 26.8. The van der Waals surface area contributed by atoms with Gasteiger partial charge in [-0.2, -0.15) is 4.98 Å². The van der Waals surface area contributed by atoms with E-state index in [2.05, 4.69) is 10.1 Å². The number of ether oxygens (including phenoxy) is 4. The second-order valence-electron chi connectivity index (χ2n) is 7.38. The summed E-state index contributed by atoms with van der Waals surface area (Å²) in [5, 5.41) is 4.10. The van der Waals surface area contributed by atoms with E-state index in [1.54, 1.807) is 51.5 Å². The molecular weight excluding hydrogens is 414 g/mol. The molecule has 2 aromatic carbocycles. The minimum Gasteiger partial charge on any atom is -0.497 e. The van der Waals surface area contributed by atoms with E-state index >= 15 is 0 Å². The predicted octanol–water partition coefficient (Wildman–Crippen LogP) is 3.29. The van der Waals surface area contributed by atoms with E-state index in [4.69, 9.17) is 23.5 Å². The Hall–Kier alpha value is -3.75. The Morgan fingerprint density at radius 1 is 0.969 bits per heavy atom. The number of hydrogen-bond donors (Lipinski definition) is 0. The number of nitrogens with zero attached hydrogens (tertiary/aromatic N) is 3. The van der Waals surface area contributed by atoms with E-state index in [0.717, 1.165) is 11.1 Å². The standard InChI is InChI=1S/C23H25N3O6/c1-28-17-7-5-15(19(11-17)30-3)12-26-13-16(10-21(26)27)23-24-22(25-32-23)14-6-8-18(29-2)20(9-14)31-4/h5-9,11,16H,10,12-13H2,1-4H3. The van der Waals surface area contributed by atoms with Gasteiger partial charge in [0.2, 0.25) is 17.6 Å². The number of carbonyl (C=O) groups excluding carboxylic acids is 1. The molecule has 2 heterocycles. The Morgan fingerprint density at radius 2 is 1.75 bits per heavy atom. The minimum absolute atomic E-state index is 0.0266. The molecule has 0 saturated carbocycles. The van der Waals surface area contributed by atoms with Crippen LogP contribution in [0.2, 0.25) is 0 Å². The molecule has 1 fully saturated rings. The van der Waals surface area contributed by atoms with Gasteiger partial charge in [0.1, 0.15) is 11.5 Å². The highest BCUT2D eigenvalue weighted by atomic mass is 16.5. The molecule has 0 N–H and O–H groups in total. The van der Waals surface area contributed by atoms with Crippen LogP contribution in [0.1, 0.15) is 23.8 Å². The number of aromatic nitrogens is 2. The van der Waals surface area contributed by atoms with Gasteiger partial charge in [-0.1, -0.05) is 5.16 Å². The van der Waals surface area contributed by atoms with Crippen LogP contribution in [-0.2, 0) is 11.3 Å². The van der Waals surface area contributed by atoms with Crippen molar-refractivity contribution in [3.8, 4) is 34.4 Å². The Morgan fingerprint density at radius 3 is 2.47 bits per heavy atom. The topological polar surface area (TPSA) is 96.2 Å². The van der Waals surface area contributed by atoms with Gasteiger partial charge in [0.25, 0.3) is 0 Å². The highest BCUT2D eigenvalue weighted by molar-refractivity contribution is 5.79. The van der Waals surface area contributed by atoms with Gasteiger partial charge in [-0.3, -0.25) is 4.79 Å². The summed E-state index contributed by atoms with van der Waals surface area (Å²) in [7, 11) is 6.35. The fourth-order valence-corrected chi connectivity index (χ4v) is 3.77. The maximum absolute atomic E-state index is 12.7. The summed E-state index contributed by atoms with van der Waals surface area (Å²) in [6.07, 6.45) is 0.312. The first kappa shape index (κ1) is 21.5. The minimum atomic E-state index is -0.173. The fourth-order valence-electron chi connectivity index (χ4n) is 3.77. The van der Waals surface area contributed by atoms with E-state index in [9.17, 15) is 4.79 Å². The summed E-state index contributed by atoms with van der Waals surface area (Å²) in [6.45, 7) is 0.917. The normalized spacial score (nSPS) is 15.7. The number of amides is 1. The molecule has 9 heteroatoms. The Balaban J connectivity index is 1.49. The molecule has 168 valence electrons. The molecule has 9 nitrogen and oxygen atoms in total. The zero-order valence-corrected chi connectivity index (χ0v) is 18.5. The third-order valence-electron chi connectivity index (χ3n) is 5.50. The van der Waals surface area contributed by atoms with Crippen LogP contribution in [0.5, 0.6) is 23.0 Å². The highest BCUT2D eigenvalue weighted by Gasteiger charge is 2.34. The van der Waals surface area contributed by atoms with E-state index in [0.29, 0.717) is 54.2 Å². The van der Waals surface area contributed by atoms with Crippen LogP contribution in [0.15, 0.2) is 40.9 Å². The zero-order chi connectivity index (χ0) is 22.7. The largest absolute Gasteiger partial charge is 0.497 e. The first-order chi connectivity index (χ1) is 15.6. The lowest BCUT2D eigenvalue weighted by Gasteiger charge is -2.18. The summed E-state index contributed by atoms with van der Waals surface area (Å²) in [5.74, 6) is 3.29. The van der Waals surface area contributed by atoms with Crippen molar-refractivity contribution >= 4 is 5.91 Å². The van der Waals surface area contributed by atoms with Crippen molar-refractivity contribution in [2.24, 2.45) is 0 Å². The molecule has 0 aliphatic carbocycles. The summed E-state index contributed by atoms with van der Waals surface area (Å²) >= 11 is 0. The molecule has 1 amide bonds. The average Bonchev–Trinajstić information content (AvgIpc) is 3.46. The lowest BCUT2D eigenvalue weighted by atomic mass is 10.1. The summed E-state index contributed by atoms with van der Waals surface area (Å²) in [5.41, 5.74) is 1.64. The van der Waals surface area contributed by atoms with Gasteiger partial charge in [-0.05, 0) is 30.3 Å². The monoisotopic (exact) mass is 439 g/mol. The Labute approximate surface area is 185 Å². The van der Waals surface area contributed by atoms with Gasteiger partial charge < -0.3 is 28.4 Å². The number of likely N-dealkylation sites (tertiary alicyclic amines) is 1. The van der Waals surface area contributed by atoms with Crippen LogP contribution in [0.4, 0.5) is 0 Å². The van der Waals surface area contributed by atoms with Gasteiger partial charge in [0.05, 0.1) is 34.4 Å². The first-order valence-electron chi connectivity index (χ1n) is 10.1. The van der Waals surface area contributed by atoms with Crippen molar-refractivity contribution in [2.75, 3.05) is 35.0 Å². The molecule has 1 saturated heterocycles. The zero-order valence-electron chi connectivity index (χ0n) is 18.5. The van der Waals surface area contributed by atoms with Gasteiger partial charge in [-0.15, -0.1) is 0 Å². The summed E-state index contributed by atoms with van der Waals surface area (Å²) in [6, 6.07) is 11.0. The second-order valence-corrected chi connectivity index (χ2v) is 7.38. The predicted molar refractivity (Wildman–Crippen MR) is 115 cm³/mol. The molecule has 1 aliphatic rings. The number of carbonyl (C=O) groups is 1. The molecule has 1 aliphatic heterocycles. The third kappa shape index (κ3) is 4.18. The van der Waals surface area contributed by atoms with Crippen molar-refractivity contribution in [3.05, 3.63) is 47.9 Å². The van der Waals surface area contributed by atoms with E-state index in [-0.39, 0.29) is 11.8 Å². The maximum Gasteiger partial charge on any atom is 0.232 e. The lowest BCUT2D eigenvalue weighted by molar-refractivity contribution is -0.128. The van der Waals surface area contributed by atoms with Crippen LogP contribution in [-0.4, -0.2) is 55.9 Å². The lowest BCUT2D eigenvalue weighted by Crippen LogP contribution is -2.24. The smallest absolute Gasteiger partial charge is 0.232 e. The van der Waals surface area contributed by atoms with Crippen molar-refractivity contribution in [2.45, 2.75) is 18.9 Å². The number of benzene rings is 2. The van der Waals surface area contributed by atoms with Crippen LogP contribution < -0.4 is 18.9 Å². The highest BCUT2D eigenvalue weighted by Crippen LogP contribution is 2.34. The molecule has 0 bridgehead atoms. The van der Waals surface area contributed by atoms with Crippen LogP contribution in [0.3, 0.4) is 0 Å². The number of hydrogen-bond acceptors (Lipinski definition) is 8. The first-order valence-corrected chi connectivity index (χ1v) is 10.1. The van der Waals surface area contributed by atoms with Crippen LogP contribution in [0.25, 0.3) is 11.4 Å². The maximum atomic E-state index is 12.7. The molecule has 0 radical (unpaired) electrons.